The van der Waals surface area contributed by atoms with E-state index in [9.17, 15) is 4.79 Å². The van der Waals surface area contributed by atoms with Crippen molar-refractivity contribution in [2.45, 2.75) is 31.7 Å². The number of nitrogens with one attached hydrogen (secondary N) is 1. The molecule has 14 heavy (non-hydrogen) atoms. The van der Waals surface area contributed by atoms with Gasteiger partial charge in [0.1, 0.15) is 0 Å². The van der Waals surface area contributed by atoms with Crippen LogP contribution in [0.4, 0.5) is 0 Å². The number of hydrogen-bond acceptors (Lipinski definition) is 3. The highest BCUT2D eigenvalue weighted by Crippen LogP contribution is 2.36. The molecule has 0 radical (unpaired) electrons. The van der Waals surface area contributed by atoms with E-state index < -0.39 is 0 Å². The minimum Gasteiger partial charge on any atom is -0.317 e. The number of carbonyl (C=O) groups excluding carboxylic acids is 1. The molecule has 2 rings (SSSR count). The molecule has 0 aromatic heterocycles. The van der Waals surface area contributed by atoms with Gasteiger partial charge in [0.25, 0.3) is 0 Å². The van der Waals surface area contributed by atoms with Gasteiger partial charge < -0.3 is 5.32 Å². The average Bonchev–Trinajstić information content (AvgIpc) is 2.40. The van der Waals surface area contributed by atoms with Crippen molar-refractivity contribution >= 4 is 5.91 Å². The summed E-state index contributed by atoms with van der Waals surface area (Å²) in [7, 11) is 1.89. The van der Waals surface area contributed by atoms with Gasteiger partial charge in [-0.3, -0.25) is 9.80 Å². The summed E-state index contributed by atoms with van der Waals surface area (Å²) < 4.78 is 0. The van der Waals surface area contributed by atoms with Crippen molar-refractivity contribution in [1.29, 1.82) is 0 Å². The number of hydrogen-bond donors (Lipinski definition) is 1. The number of carbonyl (C=O) groups is 1. The van der Waals surface area contributed by atoms with Crippen molar-refractivity contribution in [3.8, 4) is 0 Å². The summed E-state index contributed by atoms with van der Waals surface area (Å²) in [6.07, 6.45) is 2.90. The van der Waals surface area contributed by atoms with Crippen LogP contribution in [0.25, 0.3) is 0 Å². The highest BCUT2D eigenvalue weighted by atomic mass is 16.2. The molecule has 2 aliphatic heterocycles. The Morgan fingerprint density at radius 2 is 2.07 bits per heavy atom. The smallest absolute Gasteiger partial charge is 0.238 e. The first-order valence-corrected chi connectivity index (χ1v) is 5.44. The van der Waals surface area contributed by atoms with E-state index in [4.69, 9.17) is 0 Å². The highest BCUT2D eigenvalue weighted by molar-refractivity contribution is 5.79. The predicted octanol–water partition coefficient (Wildman–Crippen LogP) is 0.208. The standard InChI is InChI=1S/C10H19N3O/c1-3-13-10(4-6-11-7-5-10)8-9(14)12(13)2/h11H,3-8H2,1-2H3. The maximum Gasteiger partial charge on any atom is 0.238 e. The molecule has 0 aromatic carbocycles. The molecular formula is C10H19N3O. The molecule has 0 bridgehead atoms. The molecule has 0 aromatic rings. The Labute approximate surface area is 85.2 Å². The lowest BCUT2D eigenvalue weighted by atomic mass is 9.85. The Balaban J connectivity index is 2.20. The lowest BCUT2D eigenvalue weighted by Crippen LogP contribution is -2.53. The molecule has 4 heteroatoms. The fraction of sp³-hybridized carbons (Fsp3) is 0.900. The van der Waals surface area contributed by atoms with Gasteiger partial charge in [0.05, 0.1) is 5.54 Å². The maximum atomic E-state index is 11.7. The van der Waals surface area contributed by atoms with Crippen molar-refractivity contribution < 1.29 is 4.79 Å². The first kappa shape index (κ1) is 9.93. The summed E-state index contributed by atoms with van der Waals surface area (Å²) in [6, 6.07) is 0. The van der Waals surface area contributed by atoms with Gasteiger partial charge in [-0.05, 0) is 25.9 Å². The van der Waals surface area contributed by atoms with Crippen LogP contribution in [0, 0.1) is 0 Å². The fourth-order valence-corrected chi connectivity index (χ4v) is 2.81. The molecule has 0 unspecified atom stereocenters. The van der Waals surface area contributed by atoms with Crippen molar-refractivity contribution in [3.05, 3.63) is 0 Å². The Morgan fingerprint density at radius 1 is 1.43 bits per heavy atom. The summed E-state index contributed by atoms with van der Waals surface area (Å²) in [5.74, 6) is 0.272. The fourth-order valence-electron chi connectivity index (χ4n) is 2.81. The maximum absolute atomic E-state index is 11.7. The van der Waals surface area contributed by atoms with Crippen LogP contribution < -0.4 is 5.32 Å². The Bertz CT molecular complexity index is 236. The van der Waals surface area contributed by atoms with E-state index in [0.717, 1.165) is 32.5 Å². The zero-order chi connectivity index (χ0) is 10.2. The van der Waals surface area contributed by atoms with Crippen LogP contribution in [0.5, 0.6) is 0 Å². The molecule has 2 aliphatic rings. The minimum absolute atomic E-state index is 0.131. The van der Waals surface area contributed by atoms with Crippen LogP contribution in [0.1, 0.15) is 26.2 Å². The summed E-state index contributed by atoms with van der Waals surface area (Å²) in [5.41, 5.74) is 0.131. The zero-order valence-electron chi connectivity index (χ0n) is 9.05. The normalized spacial score (nSPS) is 27.6. The van der Waals surface area contributed by atoms with Gasteiger partial charge in [-0.15, -0.1) is 0 Å². The molecule has 2 fully saturated rings. The summed E-state index contributed by atoms with van der Waals surface area (Å²) in [6.45, 7) is 5.14. The van der Waals surface area contributed by atoms with Crippen molar-refractivity contribution in [3.63, 3.8) is 0 Å². The third-order valence-electron chi connectivity index (χ3n) is 3.58. The van der Waals surface area contributed by atoms with Crippen LogP contribution in [-0.2, 0) is 4.79 Å². The highest BCUT2D eigenvalue weighted by Gasteiger charge is 2.47. The molecule has 80 valence electrons. The average molecular weight is 197 g/mol. The molecule has 1 N–H and O–H groups in total. The molecular weight excluding hydrogens is 178 g/mol. The first-order valence-electron chi connectivity index (χ1n) is 5.44. The van der Waals surface area contributed by atoms with Crippen molar-refractivity contribution in [2.75, 3.05) is 26.7 Å². The summed E-state index contributed by atoms with van der Waals surface area (Å²) in [4.78, 5) is 11.7. The Morgan fingerprint density at radius 3 is 2.64 bits per heavy atom. The second-order valence-corrected chi connectivity index (χ2v) is 4.28. The number of amides is 1. The monoisotopic (exact) mass is 197 g/mol. The quantitative estimate of drug-likeness (QED) is 0.652. The van der Waals surface area contributed by atoms with Crippen LogP contribution in [0.2, 0.25) is 0 Å². The second kappa shape index (κ2) is 3.51. The van der Waals surface area contributed by atoms with E-state index in [2.05, 4.69) is 17.2 Å². The molecule has 0 aliphatic carbocycles. The largest absolute Gasteiger partial charge is 0.317 e. The number of rotatable bonds is 1. The summed E-state index contributed by atoms with van der Waals surface area (Å²) in [5, 5.41) is 7.41. The van der Waals surface area contributed by atoms with Gasteiger partial charge in [-0.25, -0.2) is 5.01 Å². The van der Waals surface area contributed by atoms with E-state index >= 15 is 0 Å². The SMILES string of the molecule is CCN1N(C)C(=O)CC12CCNCC2. The molecule has 0 saturated carbocycles. The van der Waals surface area contributed by atoms with Crippen LogP contribution >= 0.6 is 0 Å². The van der Waals surface area contributed by atoms with E-state index in [1.54, 1.807) is 0 Å². The molecule has 0 atom stereocenters. The first-order chi connectivity index (χ1) is 6.69. The molecule has 1 spiro atoms. The van der Waals surface area contributed by atoms with Gasteiger partial charge in [-0.1, -0.05) is 6.92 Å². The van der Waals surface area contributed by atoms with Crippen LogP contribution in [-0.4, -0.2) is 48.1 Å². The topological polar surface area (TPSA) is 35.6 Å². The number of nitrogens with zero attached hydrogens (tertiary/aromatic N) is 2. The Hall–Kier alpha value is -0.610. The predicted molar refractivity (Wildman–Crippen MR) is 54.6 cm³/mol. The molecule has 1 amide bonds. The van der Waals surface area contributed by atoms with Crippen molar-refractivity contribution in [2.24, 2.45) is 0 Å². The molecule has 2 saturated heterocycles. The third-order valence-corrected chi connectivity index (χ3v) is 3.58. The van der Waals surface area contributed by atoms with Gasteiger partial charge in [0.2, 0.25) is 5.91 Å². The molecule has 2 heterocycles. The van der Waals surface area contributed by atoms with Crippen LogP contribution in [0.15, 0.2) is 0 Å². The lowest BCUT2D eigenvalue weighted by Gasteiger charge is -2.42. The Kier molecular flexibility index (Phi) is 2.49. The van der Waals surface area contributed by atoms with E-state index in [1.165, 1.54) is 0 Å². The molecule has 4 nitrogen and oxygen atoms in total. The third kappa shape index (κ3) is 1.33. The van der Waals surface area contributed by atoms with Gasteiger partial charge in [-0.2, -0.15) is 0 Å². The minimum atomic E-state index is 0.131. The lowest BCUT2D eigenvalue weighted by molar-refractivity contribution is -0.137. The van der Waals surface area contributed by atoms with E-state index in [0.29, 0.717) is 6.42 Å². The van der Waals surface area contributed by atoms with Crippen molar-refractivity contribution in [1.82, 2.24) is 15.3 Å². The number of piperidine rings is 1. The zero-order valence-corrected chi connectivity index (χ0v) is 9.05. The number of hydrazine groups is 1. The van der Waals surface area contributed by atoms with Gasteiger partial charge in [0.15, 0.2) is 0 Å². The van der Waals surface area contributed by atoms with Gasteiger partial charge in [0, 0.05) is 20.0 Å². The van der Waals surface area contributed by atoms with Crippen LogP contribution in [0.3, 0.4) is 0 Å². The van der Waals surface area contributed by atoms with Gasteiger partial charge >= 0.3 is 0 Å². The van der Waals surface area contributed by atoms with E-state index in [-0.39, 0.29) is 11.4 Å². The second-order valence-electron chi connectivity index (χ2n) is 4.28. The summed E-state index contributed by atoms with van der Waals surface area (Å²) >= 11 is 0. The van der Waals surface area contributed by atoms with E-state index in [1.807, 2.05) is 12.1 Å².